The molecule has 2 aromatic carbocycles. The largest absolute Gasteiger partial charge is 0.490 e. The highest BCUT2D eigenvalue weighted by Gasteiger charge is 2.45. The molecule has 0 radical (unpaired) electrons. The van der Waals surface area contributed by atoms with Crippen molar-refractivity contribution in [3.8, 4) is 5.75 Å². The van der Waals surface area contributed by atoms with E-state index in [1.807, 2.05) is 18.2 Å². The van der Waals surface area contributed by atoms with Gasteiger partial charge in [0.15, 0.2) is 0 Å². The summed E-state index contributed by atoms with van der Waals surface area (Å²) in [4.78, 5) is 32.9. The van der Waals surface area contributed by atoms with Crippen molar-refractivity contribution < 1.29 is 37.3 Å². The second-order valence-electron chi connectivity index (χ2n) is 15.3. The van der Waals surface area contributed by atoms with Crippen molar-refractivity contribution in [3.63, 3.8) is 0 Å². The van der Waals surface area contributed by atoms with E-state index in [1.54, 1.807) is 23.1 Å². The molecule has 282 valence electrons. The van der Waals surface area contributed by atoms with Crippen LogP contribution in [0.3, 0.4) is 0 Å². The number of nitrogens with one attached hydrogen (secondary N) is 1. The van der Waals surface area contributed by atoms with E-state index in [-0.39, 0.29) is 41.5 Å². The summed E-state index contributed by atoms with van der Waals surface area (Å²) < 4.78 is 48.3. The van der Waals surface area contributed by atoms with E-state index in [9.17, 15) is 23.1 Å². The van der Waals surface area contributed by atoms with E-state index in [1.165, 1.54) is 31.0 Å². The summed E-state index contributed by atoms with van der Waals surface area (Å²) >= 11 is 6.45. The standard InChI is InChI=1S/C38H49ClN4O8S/c1-37(2)35(45)40-52(47,48)29-9-12-34-32(22-29)43(24-38(25-49-34)13-3-5-26-21-28(39)8-11-31(26)38)23-27-7-10-30(27)33(6-4-20-50-37)51-36(46)42-16-14-41(15-17-42)18-19-44/h4,6,8-9,11-12,21-22,27,30,33,44H,3,5,7,10,13-20,23-25H2,1-2H3,(H,40,45)/b6-4-/t27-,30+,33-,38-/m0/s1. The lowest BCUT2D eigenvalue weighted by Gasteiger charge is -2.46. The number of hydrogen-bond acceptors (Lipinski definition) is 10. The van der Waals surface area contributed by atoms with Crippen LogP contribution in [0.2, 0.25) is 5.02 Å². The van der Waals surface area contributed by atoms with Gasteiger partial charge < -0.3 is 29.1 Å². The molecular formula is C38H49ClN4O8S. The second kappa shape index (κ2) is 14.8. The number of β-amino-alcohol motifs (C(OH)–C–C–N with tert-alkyl or cyclic N) is 1. The molecule has 0 aromatic heterocycles. The molecule has 2 aromatic rings. The van der Waals surface area contributed by atoms with E-state index >= 15 is 0 Å². The van der Waals surface area contributed by atoms with Gasteiger partial charge in [-0.2, -0.15) is 0 Å². The lowest BCUT2D eigenvalue weighted by atomic mass is 9.68. The molecule has 1 saturated carbocycles. The first kappa shape index (κ1) is 37.0. The van der Waals surface area contributed by atoms with Crippen LogP contribution < -0.4 is 14.4 Å². The number of amides is 2. The lowest BCUT2D eigenvalue weighted by molar-refractivity contribution is -0.139. The Morgan fingerprint density at radius 1 is 1.12 bits per heavy atom. The van der Waals surface area contributed by atoms with E-state index in [4.69, 9.17) is 25.8 Å². The van der Waals surface area contributed by atoms with Crippen LogP contribution in [-0.4, -0.2) is 113 Å². The molecule has 2 bridgehead atoms. The quantitative estimate of drug-likeness (QED) is 0.440. The number of carbonyl (C=O) groups excluding carboxylic acids is 2. The molecule has 14 heteroatoms. The molecule has 3 aliphatic heterocycles. The number of nitrogens with zero attached hydrogens (tertiary/aromatic N) is 3. The third-order valence-corrected chi connectivity index (χ3v) is 13.2. The van der Waals surface area contributed by atoms with Crippen LogP contribution in [-0.2, 0) is 36.1 Å². The number of aliphatic hydroxyl groups is 1. The first-order valence-corrected chi connectivity index (χ1v) is 20.2. The molecule has 52 heavy (non-hydrogen) atoms. The molecule has 1 spiro atoms. The molecular weight excluding hydrogens is 708 g/mol. The molecule has 4 atom stereocenters. The molecule has 0 unspecified atom stereocenters. The number of aliphatic hydroxyl groups excluding tert-OH is 1. The molecule has 2 fully saturated rings. The summed E-state index contributed by atoms with van der Waals surface area (Å²) in [6.07, 6.45) is 7.25. The predicted octanol–water partition coefficient (Wildman–Crippen LogP) is 4.12. The van der Waals surface area contributed by atoms with E-state index in [2.05, 4.69) is 20.6 Å². The molecule has 12 nitrogen and oxygen atoms in total. The number of anilines is 1. The van der Waals surface area contributed by atoms with Gasteiger partial charge in [-0.05, 0) is 99.4 Å². The predicted molar refractivity (Wildman–Crippen MR) is 196 cm³/mol. The van der Waals surface area contributed by atoms with Crippen molar-refractivity contribution in [1.82, 2.24) is 14.5 Å². The average Bonchev–Trinajstić information content (AvgIpc) is 3.25. The van der Waals surface area contributed by atoms with Crippen LogP contribution in [0.15, 0.2) is 53.4 Å². The number of rotatable bonds is 3. The first-order chi connectivity index (χ1) is 24.9. The Morgan fingerprint density at radius 3 is 2.67 bits per heavy atom. The summed E-state index contributed by atoms with van der Waals surface area (Å²) in [5, 5.41) is 10.0. The second-order valence-corrected chi connectivity index (χ2v) is 17.4. The van der Waals surface area contributed by atoms with Gasteiger partial charge in [-0.15, -0.1) is 0 Å². The highest BCUT2D eigenvalue weighted by Crippen LogP contribution is 2.47. The Labute approximate surface area is 311 Å². The van der Waals surface area contributed by atoms with Crippen LogP contribution in [0.5, 0.6) is 5.75 Å². The fourth-order valence-electron chi connectivity index (χ4n) is 8.37. The van der Waals surface area contributed by atoms with Crippen molar-refractivity contribution in [2.24, 2.45) is 11.8 Å². The molecule has 2 N–H and O–H groups in total. The third kappa shape index (κ3) is 7.52. The van der Waals surface area contributed by atoms with E-state index < -0.39 is 27.6 Å². The zero-order valence-electron chi connectivity index (χ0n) is 29.9. The third-order valence-electron chi connectivity index (χ3n) is 11.6. The number of ether oxygens (including phenoxy) is 3. The summed E-state index contributed by atoms with van der Waals surface area (Å²) in [6.45, 7) is 7.66. The summed E-state index contributed by atoms with van der Waals surface area (Å²) in [5.74, 6) is -0.0830. The van der Waals surface area contributed by atoms with Crippen LogP contribution in [0.4, 0.5) is 10.5 Å². The van der Waals surface area contributed by atoms with Gasteiger partial charge in [0.25, 0.3) is 15.9 Å². The zero-order chi connectivity index (χ0) is 36.7. The Balaban J connectivity index is 1.24. The number of piperazine rings is 1. The topological polar surface area (TPSA) is 138 Å². The van der Waals surface area contributed by atoms with Crippen LogP contribution in [0.25, 0.3) is 0 Å². The molecule has 3 heterocycles. The molecule has 2 aliphatic carbocycles. The van der Waals surface area contributed by atoms with Gasteiger partial charge in [-0.25, -0.2) is 17.9 Å². The Hall–Kier alpha value is -3.36. The van der Waals surface area contributed by atoms with Crippen molar-refractivity contribution in [1.29, 1.82) is 0 Å². The number of halogens is 1. The van der Waals surface area contributed by atoms with Crippen molar-refractivity contribution in [2.45, 2.75) is 68.0 Å². The van der Waals surface area contributed by atoms with Crippen molar-refractivity contribution in [2.75, 3.05) is 70.5 Å². The molecule has 2 amide bonds. The van der Waals surface area contributed by atoms with Crippen molar-refractivity contribution >= 4 is 39.3 Å². The van der Waals surface area contributed by atoms with Gasteiger partial charge in [0.1, 0.15) is 17.5 Å². The summed E-state index contributed by atoms with van der Waals surface area (Å²) in [6, 6.07) is 10.8. The maximum Gasteiger partial charge on any atom is 0.410 e. The highest BCUT2D eigenvalue weighted by molar-refractivity contribution is 7.90. The normalized spacial score (nSPS) is 29.4. The lowest BCUT2D eigenvalue weighted by Crippen LogP contribution is -2.52. The Kier molecular flexibility index (Phi) is 10.5. The van der Waals surface area contributed by atoms with Gasteiger partial charge in [0.2, 0.25) is 0 Å². The Morgan fingerprint density at radius 2 is 1.92 bits per heavy atom. The minimum absolute atomic E-state index is 0.00743. The van der Waals surface area contributed by atoms with Gasteiger partial charge >= 0.3 is 6.09 Å². The van der Waals surface area contributed by atoms with Gasteiger partial charge in [-0.1, -0.05) is 23.7 Å². The Bertz CT molecular complexity index is 1810. The van der Waals surface area contributed by atoms with Gasteiger partial charge in [0, 0.05) is 62.2 Å². The number of carbonyl (C=O) groups is 2. The highest BCUT2D eigenvalue weighted by atomic mass is 35.5. The van der Waals surface area contributed by atoms with Gasteiger partial charge in [-0.3, -0.25) is 9.69 Å². The summed E-state index contributed by atoms with van der Waals surface area (Å²) in [5.41, 5.74) is 1.21. The number of aryl methyl sites for hydroxylation is 1. The van der Waals surface area contributed by atoms with Gasteiger partial charge in [0.05, 0.1) is 30.4 Å². The maximum absolute atomic E-state index is 13.7. The fourth-order valence-corrected chi connectivity index (χ4v) is 9.69. The van der Waals surface area contributed by atoms with Crippen molar-refractivity contribution in [3.05, 3.63) is 64.7 Å². The monoisotopic (exact) mass is 756 g/mol. The maximum atomic E-state index is 13.7. The first-order valence-electron chi connectivity index (χ1n) is 18.3. The molecule has 1 saturated heterocycles. The van der Waals surface area contributed by atoms with E-state index in [0.29, 0.717) is 68.9 Å². The zero-order valence-corrected chi connectivity index (χ0v) is 31.5. The average molecular weight is 757 g/mol. The van der Waals surface area contributed by atoms with E-state index in [0.717, 1.165) is 32.1 Å². The van der Waals surface area contributed by atoms with Crippen LogP contribution in [0.1, 0.15) is 50.7 Å². The smallest absolute Gasteiger partial charge is 0.410 e. The number of hydrogen-bond donors (Lipinski definition) is 2. The van der Waals surface area contributed by atoms with Crippen LogP contribution in [0, 0.1) is 11.8 Å². The number of sulfonamides is 1. The fraction of sp³-hybridized carbons (Fsp3) is 0.579. The molecule has 7 rings (SSSR count). The molecule has 5 aliphatic rings. The SMILES string of the molecule is CC1(C)OC/C=C\[C@H](OC(=O)N2CCN(CCO)CC2)[C@@H]2CC[C@H]2CN2C[C@@]3(CCCc4cc(Cl)ccc43)COc3ccc(cc32)S(=O)(=O)NC1=O. The minimum Gasteiger partial charge on any atom is -0.490 e. The summed E-state index contributed by atoms with van der Waals surface area (Å²) in [7, 11) is -4.25. The van der Waals surface area contributed by atoms with Crippen LogP contribution >= 0.6 is 11.6 Å². The minimum atomic E-state index is -4.25. The number of fused-ring (bicyclic) bond motifs is 4. The number of benzene rings is 2.